The second-order valence-electron chi connectivity index (χ2n) is 3.36. The maximum absolute atomic E-state index is 10.9. The van der Waals surface area contributed by atoms with Gasteiger partial charge in [0.2, 0.25) is 5.91 Å². The van der Waals surface area contributed by atoms with Gasteiger partial charge in [0.05, 0.1) is 6.04 Å². The second kappa shape index (κ2) is 1.72. The molecule has 1 amide bonds. The van der Waals surface area contributed by atoms with E-state index in [9.17, 15) is 4.79 Å². The molecule has 0 radical (unpaired) electrons. The van der Waals surface area contributed by atoms with E-state index in [0.717, 1.165) is 6.54 Å². The fourth-order valence-electron chi connectivity index (χ4n) is 1.46. The number of rotatable bonds is 0. The van der Waals surface area contributed by atoms with Gasteiger partial charge >= 0.3 is 0 Å². The highest BCUT2D eigenvalue weighted by Gasteiger charge is 2.46. The van der Waals surface area contributed by atoms with Crippen molar-refractivity contribution in [3.05, 3.63) is 0 Å². The largest absolute Gasteiger partial charge is 0.353 e. The van der Waals surface area contributed by atoms with Crippen LogP contribution in [-0.2, 0) is 4.79 Å². The van der Waals surface area contributed by atoms with Crippen molar-refractivity contribution >= 4 is 5.91 Å². The molecule has 2 aliphatic rings. The summed E-state index contributed by atoms with van der Waals surface area (Å²) in [6, 6.07) is 0.0104. The molecule has 1 saturated carbocycles. The van der Waals surface area contributed by atoms with Crippen LogP contribution in [0, 0.1) is 0 Å². The Balaban J connectivity index is 2.04. The summed E-state index contributed by atoms with van der Waals surface area (Å²) in [6.45, 7) is 2.74. The summed E-state index contributed by atoms with van der Waals surface area (Å²) >= 11 is 0. The van der Waals surface area contributed by atoms with E-state index >= 15 is 0 Å². The molecule has 0 unspecified atom stereocenters. The van der Waals surface area contributed by atoms with E-state index in [0.29, 0.717) is 5.54 Å². The Labute approximate surface area is 60.2 Å². The number of hydrogen-bond donors (Lipinski definition) is 2. The molecule has 0 aromatic heterocycles. The van der Waals surface area contributed by atoms with Crippen molar-refractivity contribution < 1.29 is 4.79 Å². The maximum atomic E-state index is 10.9. The van der Waals surface area contributed by atoms with Crippen LogP contribution in [0.5, 0.6) is 0 Å². The molecular formula is C7H12N2O. The van der Waals surface area contributed by atoms with Crippen LogP contribution in [0.25, 0.3) is 0 Å². The summed E-state index contributed by atoms with van der Waals surface area (Å²) in [4.78, 5) is 10.9. The Morgan fingerprint density at radius 2 is 2.30 bits per heavy atom. The first kappa shape index (κ1) is 6.16. The highest BCUT2D eigenvalue weighted by Crippen LogP contribution is 2.36. The zero-order chi connectivity index (χ0) is 7.19. The summed E-state index contributed by atoms with van der Waals surface area (Å²) in [7, 11) is 0. The normalized spacial score (nSPS) is 35.7. The molecule has 0 aromatic rings. The zero-order valence-corrected chi connectivity index (χ0v) is 6.11. The highest BCUT2D eigenvalue weighted by molar-refractivity contribution is 5.82. The van der Waals surface area contributed by atoms with E-state index in [4.69, 9.17) is 0 Å². The molecule has 0 aromatic carbocycles. The van der Waals surface area contributed by atoms with E-state index in [1.807, 2.05) is 6.92 Å². The summed E-state index contributed by atoms with van der Waals surface area (Å²) in [5, 5.41) is 6.19. The van der Waals surface area contributed by atoms with Gasteiger partial charge in [0, 0.05) is 12.1 Å². The van der Waals surface area contributed by atoms with Gasteiger partial charge in [-0.2, -0.15) is 0 Å². The van der Waals surface area contributed by atoms with Crippen molar-refractivity contribution in [2.45, 2.75) is 31.3 Å². The first-order valence-corrected chi connectivity index (χ1v) is 3.77. The van der Waals surface area contributed by atoms with Crippen molar-refractivity contribution in [2.75, 3.05) is 6.54 Å². The molecule has 0 bridgehead atoms. The van der Waals surface area contributed by atoms with Gasteiger partial charge in [0.1, 0.15) is 0 Å². The third-order valence-electron chi connectivity index (χ3n) is 2.37. The quantitative estimate of drug-likeness (QED) is 0.482. The molecule has 1 saturated heterocycles. The lowest BCUT2D eigenvalue weighted by molar-refractivity contribution is -0.124. The minimum Gasteiger partial charge on any atom is -0.353 e. The maximum Gasteiger partial charge on any atom is 0.236 e. The number of amides is 1. The lowest BCUT2D eigenvalue weighted by atomic mass is 10.1. The third kappa shape index (κ3) is 0.814. The molecular weight excluding hydrogens is 128 g/mol. The number of piperazine rings is 1. The Kier molecular flexibility index (Phi) is 1.06. The van der Waals surface area contributed by atoms with Crippen LogP contribution in [0.3, 0.4) is 0 Å². The topological polar surface area (TPSA) is 41.1 Å². The van der Waals surface area contributed by atoms with Crippen LogP contribution in [0.4, 0.5) is 0 Å². The van der Waals surface area contributed by atoms with Gasteiger partial charge in [-0.05, 0) is 19.8 Å². The first-order chi connectivity index (χ1) is 4.72. The fraction of sp³-hybridized carbons (Fsp3) is 0.857. The van der Waals surface area contributed by atoms with Gasteiger partial charge in [0.25, 0.3) is 0 Å². The fourth-order valence-corrected chi connectivity index (χ4v) is 1.46. The van der Waals surface area contributed by atoms with Crippen LogP contribution >= 0.6 is 0 Å². The summed E-state index contributed by atoms with van der Waals surface area (Å²) in [5.74, 6) is 0.137. The molecule has 2 rings (SSSR count). The van der Waals surface area contributed by atoms with E-state index in [1.54, 1.807) is 0 Å². The second-order valence-corrected chi connectivity index (χ2v) is 3.36. The zero-order valence-electron chi connectivity index (χ0n) is 6.11. The molecule has 1 spiro atoms. The van der Waals surface area contributed by atoms with Crippen LogP contribution < -0.4 is 10.6 Å². The van der Waals surface area contributed by atoms with Gasteiger partial charge in [-0.25, -0.2) is 0 Å². The highest BCUT2D eigenvalue weighted by atomic mass is 16.2. The van der Waals surface area contributed by atoms with Gasteiger partial charge < -0.3 is 5.32 Å². The lowest BCUT2D eigenvalue weighted by Gasteiger charge is -2.28. The monoisotopic (exact) mass is 140 g/mol. The minimum absolute atomic E-state index is 0.0104. The van der Waals surface area contributed by atoms with Crippen LogP contribution in [-0.4, -0.2) is 24.0 Å². The van der Waals surface area contributed by atoms with Gasteiger partial charge in [0.15, 0.2) is 0 Å². The molecule has 10 heavy (non-hydrogen) atoms. The van der Waals surface area contributed by atoms with Crippen molar-refractivity contribution in [2.24, 2.45) is 0 Å². The summed E-state index contributed by atoms with van der Waals surface area (Å²) in [6.07, 6.45) is 2.44. The Morgan fingerprint density at radius 3 is 2.80 bits per heavy atom. The summed E-state index contributed by atoms with van der Waals surface area (Å²) < 4.78 is 0. The third-order valence-corrected chi connectivity index (χ3v) is 2.37. The molecule has 3 nitrogen and oxygen atoms in total. The molecule has 1 atom stereocenters. The van der Waals surface area contributed by atoms with Crippen LogP contribution in [0.2, 0.25) is 0 Å². The van der Waals surface area contributed by atoms with Gasteiger partial charge in [-0.15, -0.1) is 0 Å². The number of carbonyl (C=O) groups is 1. The molecule has 3 heteroatoms. The lowest BCUT2D eigenvalue weighted by Crippen LogP contribution is -2.58. The number of nitrogens with one attached hydrogen (secondary N) is 2. The minimum atomic E-state index is 0.0104. The van der Waals surface area contributed by atoms with E-state index in [-0.39, 0.29) is 11.9 Å². The first-order valence-electron chi connectivity index (χ1n) is 3.77. The SMILES string of the molecule is C[C@@H]1NC2(CC2)CNC1=O. The molecule has 56 valence electrons. The standard InChI is InChI=1S/C7H12N2O/c1-5-6(10)8-4-7(9-5)2-3-7/h5,9H,2-4H2,1H3,(H,8,10)/t5-/m0/s1. The molecule has 1 aliphatic heterocycles. The van der Waals surface area contributed by atoms with Crippen LogP contribution in [0.1, 0.15) is 19.8 Å². The smallest absolute Gasteiger partial charge is 0.236 e. The number of hydrogen-bond acceptors (Lipinski definition) is 2. The molecule has 2 N–H and O–H groups in total. The Bertz CT molecular complexity index is 174. The number of carbonyl (C=O) groups excluding carboxylic acids is 1. The average Bonchev–Trinajstić information content (AvgIpc) is 2.62. The average molecular weight is 140 g/mol. The van der Waals surface area contributed by atoms with Crippen molar-refractivity contribution in [1.29, 1.82) is 0 Å². The van der Waals surface area contributed by atoms with E-state index in [2.05, 4.69) is 10.6 Å². The Hall–Kier alpha value is -0.570. The van der Waals surface area contributed by atoms with Crippen molar-refractivity contribution in [3.8, 4) is 0 Å². The van der Waals surface area contributed by atoms with E-state index in [1.165, 1.54) is 12.8 Å². The molecule has 2 fully saturated rings. The molecule has 1 aliphatic carbocycles. The van der Waals surface area contributed by atoms with Gasteiger partial charge in [-0.1, -0.05) is 0 Å². The van der Waals surface area contributed by atoms with Gasteiger partial charge in [-0.3, -0.25) is 10.1 Å². The van der Waals surface area contributed by atoms with Crippen LogP contribution in [0.15, 0.2) is 0 Å². The molecule has 1 heterocycles. The van der Waals surface area contributed by atoms with Crippen molar-refractivity contribution in [3.63, 3.8) is 0 Å². The Morgan fingerprint density at radius 1 is 1.60 bits per heavy atom. The predicted octanol–water partition coefficient (Wildman–Crippen LogP) is -0.373. The summed E-state index contributed by atoms with van der Waals surface area (Å²) in [5.41, 5.74) is 0.299. The van der Waals surface area contributed by atoms with E-state index < -0.39 is 0 Å². The predicted molar refractivity (Wildman–Crippen MR) is 37.6 cm³/mol. The van der Waals surface area contributed by atoms with Crippen molar-refractivity contribution in [1.82, 2.24) is 10.6 Å².